The van der Waals surface area contributed by atoms with Gasteiger partial charge in [-0.2, -0.15) is 0 Å². The fourth-order valence-electron chi connectivity index (χ4n) is 1.79. The number of halogens is 1. The Hall–Kier alpha value is -0.0900. The van der Waals surface area contributed by atoms with Crippen molar-refractivity contribution in [3.05, 3.63) is 21.3 Å². The SMILES string of the molecule is OCC1(Cc2ccc(Cl)s2)CCOC1. The van der Waals surface area contributed by atoms with Crippen LogP contribution in [0, 0.1) is 5.41 Å². The van der Waals surface area contributed by atoms with Gasteiger partial charge in [-0.1, -0.05) is 11.6 Å². The molecule has 0 bridgehead atoms. The van der Waals surface area contributed by atoms with Crippen LogP contribution in [0.3, 0.4) is 0 Å². The minimum Gasteiger partial charge on any atom is -0.396 e. The van der Waals surface area contributed by atoms with E-state index in [1.54, 1.807) is 11.3 Å². The van der Waals surface area contributed by atoms with E-state index >= 15 is 0 Å². The van der Waals surface area contributed by atoms with Crippen LogP contribution < -0.4 is 0 Å². The first kappa shape index (κ1) is 10.4. The zero-order valence-corrected chi connectivity index (χ0v) is 9.40. The lowest BCUT2D eigenvalue weighted by molar-refractivity contribution is 0.0941. The summed E-state index contributed by atoms with van der Waals surface area (Å²) in [5.74, 6) is 0. The fraction of sp³-hybridized carbons (Fsp3) is 0.600. The van der Waals surface area contributed by atoms with Gasteiger partial charge >= 0.3 is 0 Å². The molecule has 14 heavy (non-hydrogen) atoms. The molecule has 1 atom stereocenters. The maximum Gasteiger partial charge on any atom is 0.0931 e. The molecule has 1 saturated heterocycles. The monoisotopic (exact) mass is 232 g/mol. The highest BCUT2D eigenvalue weighted by Crippen LogP contribution is 2.35. The molecule has 0 aliphatic carbocycles. The van der Waals surface area contributed by atoms with Gasteiger partial charge in [0.25, 0.3) is 0 Å². The minimum absolute atomic E-state index is 0.0613. The normalized spacial score (nSPS) is 27.0. The second-order valence-corrected chi connectivity index (χ2v) is 5.64. The average molecular weight is 233 g/mol. The van der Waals surface area contributed by atoms with Gasteiger partial charge in [-0.05, 0) is 25.0 Å². The van der Waals surface area contributed by atoms with Gasteiger partial charge < -0.3 is 9.84 Å². The van der Waals surface area contributed by atoms with Crippen molar-refractivity contribution in [2.24, 2.45) is 5.41 Å². The van der Waals surface area contributed by atoms with E-state index in [9.17, 15) is 5.11 Å². The van der Waals surface area contributed by atoms with Crippen molar-refractivity contribution in [1.29, 1.82) is 0 Å². The molecule has 1 unspecified atom stereocenters. The number of hydrogen-bond donors (Lipinski definition) is 1. The number of hydrogen-bond acceptors (Lipinski definition) is 3. The molecule has 1 aliphatic heterocycles. The molecule has 1 N–H and O–H groups in total. The quantitative estimate of drug-likeness (QED) is 0.867. The van der Waals surface area contributed by atoms with Gasteiger partial charge in [0.05, 0.1) is 17.6 Å². The largest absolute Gasteiger partial charge is 0.396 e. The molecular weight excluding hydrogens is 220 g/mol. The molecule has 78 valence electrons. The van der Waals surface area contributed by atoms with E-state index in [0.717, 1.165) is 23.8 Å². The van der Waals surface area contributed by atoms with Crippen LogP contribution in [0.1, 0.15) is 11.3 Å². The number of aliphatic hydroxyl groups excluding tert-OH is 1. The topological polar surface area (TPSA) is 29.5 Å². The van der Waals surface area contributed by atoms with E-state index in [1.165, 1.54) is 4.88 Å². The van der Waals surface area contributed by atoms with Gasteiger partial charge in [-0.3, -0.25) is 0 Å². The first-order valence-corrected chi connectivity index (χ1v) is 5.86. The first-order chi connectivity index (χ1) is 6.74. The van der Waals surface area contributed by atoms with E-state index in [2.05, 4.69) is 0 Å². The Kier molecular flexibility index (Phi) is 3.12. The van der Waals surface area contributed by atoms with E-state index in [-0.39, 0.29) is 12.0 Å². The third-order valence-electron chi connectivity index (χ3n) is 2.70. The van der Waals surface area contributed by atoms with Crippen molar-refractivity contribution in [3.63, 3.8) is 0 Å². The highest BCUT2D eigenvalue weighted by molar-refractivity contribution is 7.16. The summed E-state index contributed by atoms with van der Waals surface area (Å²) in [6.45, 7) is 1.63. The summed E-state index contributed by atoms with van der Waals surface area (Å²) in [5.41, 5.74) is -0.0613. The van der Waals surface area contributed by atoms with Gasteiger partial charge in [-0.15, -0.1) is 11.3 Å². The van der Waals surface area contributed by atoms with Crippen LogP contribution in [-0.4, -0.2) is 24.9 Å². The van der Waals surface area contributed by atoms with Crippen molar-refractivity contribution in [1.82, 2.24) is 0 Å². The second kappa shape index (κ2) is 4.19. The van der Waals surface area contributed by atoms with Crippen LogP contribution in [0.2, 0.25) is 4.34 Å². The third-order valence-corrected chi connectivity index (χ3v) is 3.93. The van der Waals surface area contributed by atoms with Crippen LogP contribution >= 0.6 is 22.9 Å². The van der Waals surface area contributed by atoms with Crippen LogP contribution in [0.25, 0.3) is 0 Å². The van der Waals surface area contributed by atoms with Crippen molar-refractivity contribution < 1.29 is 9.84 Å². The molecule has 0 aromatic carbocycles. The van der Waals surface area contributed by atoms with Crippen LogP contribution in [0.5, 0.6) is 0 Å². The lowest BCUT2D eigenvalue weighted by atomic mass is 9.84. The fourth-order valence-corrected chi connectivity index (χ4v) is 3.05. The lowest BCUT2D eigenvalue weighted by Crippen LogP contribution is -2.28. The first-order valence-electron chi connectivity index (χ1n) is 4.67. The van der Waals surface area contributed by atoms with Crippen LogP contribution in [0.4, 0.5) is 0 Å². The van der Waals surface area contributed by atoms with E-state index in [4.69, 9.17) is 16.3 Å². The number of ether oxygens (including phenoxy) is 1. The Morgan fingerprint density at radius 1 is 1.57 bits per heavy atom. The summed E-state index contributed by atoms with van der Waals surface area (Å²) < 4.78 is 6.15. The Morgan fingerprint density at radius 2 is 2.43 bits per heavy atom. The summed E-state index contributed by atoms with van der Waals surface area (Å²) >= 11 is 7.45. The van der Waals surface area contributed by atoms with Crippen molar-refractivity contribution in [2.45, 2.75) is 12.8 Å². The molecule has 0 radical (unpaired) electrons. The summed E-state index contributed by atoms with van der Waals surface area (Å²) in [5, 5.41) is 9.38. The Bertz CT molecular complexity index is 305. The molecule has 0 spiro atoms. The predicted octanol–water partition coefficient (Wildman–Crippen LogP) is 2.34. The summed E-state index contributed by atoms with van der Waals surface area (Å²) in [4.78, 5) is 1.23. The van der Waals surface area contributed by atoms with Gasteiger partial charge in [0, 0.05) is 16.9 Å². The summed E-state index contributed by atoms with van der Waals surface area (Å²) in [6.07, 6.45) is 1.82. The van der Waals surface area contributed by atoms with Gasteiger partial charge in [0.15, 0.2) is 0 Å². The second-order valence-electron chi connectivity index (χ2n) is 3.84. The standard InChI is InChI=1S/C10H13ClO2S/c11-9-2-1-8(14-9)5-10(6-12)3-4-13-7-10/h1-2,12H,3-7H2. The molecule has 1 aromatic rings. The van der Waals surface area contributed by atoms with Crippen molar-refractivity contribution >= 4 is 22.9 Å². The van der Waals surface area contributed by atoms with E-state index in [0.29, 0.717) is 6.61 Å². The summed E-state index contributed by atoms with van der Waals surface area (Å²) in [6, 6.07) is 3.94. The van der Waals surface area contributed by atoms with Crippen molar-refractivity contribution in [2.75, 3.05) is 19.8 Å². The zero-order chi connectivity index (χ0) is 10.0. The van der Waals surface area contributed by atoms with E-state index < -0.39 is 0 Å². The van der Waals surface area contributed by atoms with Gasteiger partial charge in [-0.25, -0.2) is 0 Å². The molecular formula is C10H13ClO2S. The molecule has 2 nitrogen and oxygen atoms in total. The minimum atomic E-state index is -0.0613. The maximum atomic E-state index is 9.38. The van der Waals surface area contributed by atoms with Crippen LogP contribution in [0.15, 0.2) is 12.1 Å². The molecule has 1 fully saturated rings. The molecule has 1 aromatic heterocycles. The highest BCUT2D eigenvalue weighted by Gasteiger charge is 2.34. The molecule has 0 amide bonds. The molecule has 0 saturated carbocycles. The Labute approximate surface area is 92.5 Å². The van der Waals surface area contributed by atoms with Gasteiger partial charge in [0.1, 0.15) is 0 Å². The molecule has 2 rings (SSSR count). The van der Waals surface area contributed by atoms with Crippen LogP contribution in [-0.2, 0) is 11.2 Å². The van der Waals surface area contributed by atoms with Crippen molar-refractivity contribution in [3.8, 4) is 0 Å². The number of thiophene rings is 1. The van der Waals surface area contributed by atoms with E-state index in [1.807, 2.05) is 12.1 Å². The lowest BCUT2D eigenvalue weighted by Gasteiger charge is -2.23. The smallest absolute Gasteiger partial charge is 0.0931 e. The highest BCUT2D eigenvalue weighted by atomic mass is 35.5. The Balaban J connectivity index is 2.08. The number of rotatable bonds is 3. The summed E-state index contributed by atoms with van der Waals surface area (Å²) in [7, 11) is 0. The molecule has 1 aliphatic rings. The zero-order valence-electron chi connectivity index (χ0n) is 7.83. The third kappa shape index (κ3) is 2.11. The molecule has 4 heteroatoms. The van der Waals surface area contributed by atoms with Gasteiger partial charge in [0.2, 0.25) is 0 Å². The maximum absolute atomic E-state index is 9.38. The Morgan fingerprint density at radius 3 is 2.93 bits per heavy atom. The number of aliphatic hydroxyl groups is 1. The average Bonchev–Trinajstić information content (AvgIpc) is 2.77. The predicted molar refractivity (Wildman–Crippen MR) is 58.0 cm³/mol. The molecule has 2 heterocycles.